The molecule has 0 atom stereocenters. The molecule has 0 unspecified atom stereocenters. The van der Waals surface area contributed by atoms with E-state index in [2.05, 4.69) is 18.8 Å². The first-order valence-electron chi connectivity index (χ1n) is 9.50. The van der Waals surface area contributed by atoms with Crippen molar-refractivity contribution in [1.29, 1.82) is 0 Å². The number of oxazole rings is 1. The molecule has 3 rings (SSSR count). The minimum absolute atomic E-state index is 0.146. The molecule has 1 aromatic heterocycles. The highest BCUT2D eigenvalue weighted by Crippen LogP contribution is 2.16. The summed E-state index contributed by atoms with van der Waals surface area (Å²) < 4.78 is 5.41. The number of para-hydroxylation sites is 4. The lowest BCUT2D eigenvalue weighted by Gasteiger charge is -1.92. The van der Waals surface area contributed by atoms with Gasteiger partial charge in [0.1, 0.15) is 11.3 Å². The molecule has 4 heteroatoms. The van der Waals surface area contributed by atoms with Crippen molar-refractivity contribution in [3.8, 4) is 5.75 Å². The van der Waals surface area contributed by atoms with Crippen LogP contribution in [-0.4, -0.2) is 10.1 Å². The summed E-state index contributed by atoms with van der Waals surface area (Å²) in [7, 11) is 0. The van der Waals surface area contributed by atoms with Crippen molar-refractivity contribution in [2.45, 2.75) is 61.3 Å². The van der Waals surface area contributed by atoms with Gasteiger partial charge in [0.25, 0.3) is 0 Å². The number of hydrogen-bond donors (Lipinski definition) is 2. The highest BCUT2D eigenvalue weighted by atomic mass is 16.3. The molecule has 0 aliphatic heterocycles. The van der Waals surface area contributed by atoms with E-state index in [-0.39, 0.29) is 5.75 Å². The number of aromatic nitrogens is 1. The van der Waals surface area contributed by atoms with Crippen LogP contribution in [0, 0.1) is 0 Å². The van der Waals surface area contributed by atoms with Gasteiger partial charge in [0.15, 0.2) is 11.5 Å². The van der Waals surface area contributed by atoms with E-state index >= 15 is 0 Å². The molecule has 0 saturated heterocycles. The molecule has 0 bridgehead atoms. The highest BCUT2D eigenvalue weighted by Gasteiger charge is 2.00. The summed E-state index contributed by atoms with van der Waals surface area (Å²) in [5, 5.41) is 8.79. The van der Waals surface area contributed by atoms with Gasteiger partial charge in [-0.3, -0.25) is 0 Å². The quantitative estimate of drug-likeness (QED) is 0.368. The summed E-state index contributed by atoms with van der Waals surface area (Å²) >= 11 is 0. The second-order valence-corrected chi connectivity index (χ2v) is 4.69. The molecule has 26 heavy (non-hydrogen) atoms. The van der Waals surface area contributed by atoms with Crippen molar-refractivity contribution in [2.24, 2.45) is 0 Å². The summed E-state index contributed by atoms with van der Waals surface area (Å²) in [5.74, 6) is 0.957. The molecule has 0 fully saturated rings. The van der Waals surface area contributed by atoms with E-state index in [1.165, 1.54) is 6.42 Å². The molecule has 0 radical (unpaired) electrons. The van der Waals surface area contributed by atoms with E-state index in [1.54, 1.807) is 24.3 Å². The maximum atomic E-state index is 8.79. The van der Waals surface area contributed by atoms with Crippen molar-refractivity contribution in [1.82, 2.24) is 4.98 Å². The van der Waals surface area contributed by atoms with Gasteiger partial charge in [-0.2, -0.15) is 0 Å². The number of nitrogens with zero attached hydrogens (tertiary/aromatic N) is 1. The van der Waals surface area contributed by atoms with Crippen molar-refractivity contribution in [3.63, 3.8) is 0 Å². The lowest BCUT2D eigenvalue weighted by atomic mass is 10.3. The zero-order valence-electron chi connectivity index (χ0n) is 17.4. The van der Waals surface area contributed by atoms with Crippen molar-refractivity contribution in [3.05, 3.63) is 54.4 Å². The highest BCUT2D eigenvalue weighted by molar-refractivity contribution is 5.72. The minimum Gasteiger partial charge on any atom is -0.506 e. The number of nitrogens with two attached hydrogens (primary N) is 1. The number of hydrogen-bond acceptors (Lipinski definition) is 4. The predicted octanol–water partition coefficient (Wildman–Crippen LogP) is 6.83. The molecule has 1 heterocycles. The van der Waals surface area contributed by atoms with E-state index in [0.29, 0.717) is 5.69 Å². The number of nitrogen functional groups attached to an aromatic ring is 1. The predicted molar refractivity (Wildman–Crippen MR) is 115 cm³/mol. The van der Waals surface area contributed by atoms with E-state index in [9.17, 15) is 0 Å². The third-order valence-corrected chi connectivity index (χ3v) is 2.58. The third-order valence-electron chi connectivity index (χ3n) is 2.58. The van der Waals surface area contributed by atoms with Crippen LogP contribution in [-0.2, 0) is 6.42 Å². The molecule has 2 aromatic carbocycles. The first kappa shape index (κ1) is 25.7. The summed E-state index contributed by atoms with van der Waals surface area (Å²) in [5.41, 5.74) is 7.52. The van der Waals surface area contributed by atoms with Gasteiger partial charge in [-0.1, -0.05) is 79.2 Å². The molecular weight excluding hydrogens is 324 g/mol. The molecule has 146 valence electrons. The van der Waals surface area contributed by atoms with Gasteiger partial charge >= 0.3 is 0 Å². The zero-order chi connectivity index (χ0) is 20.4. The molecule has 3 N–H and O–H groups in total. The molecular formula is C22H36N2O2. The number of phenolic OH excluding ortho intramolecular Hbond substituents is 1. The SMILES string of the molecule is CC.CC.CCC.CCc1nc2ccccc2o1.Nc1ccccc1O. The fourth-order valence-corrected chi connectivity index (χ4v) is 1.56. The average molecular weight is 361 g/mol. The smallest absolute Gasteiger partial charge is 0.195 e. The third kappa shape index (κ3) is 10.4. The van der Waals surface area contributed by atoms with Gasteiger partial charge in [0.2, 0.25) is 0 Å². The molecule has 0 amide bonds. The Balaban J connectivity index is 0. The molecule has 0 aliphatic rings. The monoisotopic (exact) mass is 360 g/mol. The van der Waals surface area contributed by atoms with Crippen molar-refractivity contribution < 1.29 is 9.52 Å². The number of phenols is 1. The van der Waals surface area contributed by atoms with E-state index in [1.807, 2.05) is 58.9 Å². The van der Waals surface area contributed by atoms with E-state index in [4.69, 9.17) is 15.3 Å². The number of anilines is 1. The van der Waals surface area contributed by atoms with Crippen molar-refractivity contribution in [2.75, 3.05) is 5.73 Å². The normalized spacial score (nSPS) is 8.42. The van der Waals surface area contributed by atoms with Crippen LogP contribution in [0.1, 0.15) is 60.8 Å². The number of fused-ring (bicyclic) bond motifs is 1. The Labute approximate surface area is 159 Å². The second-order valence-electron chi connectivity index (χ2n) is 4.69. The second kappa shape index (κ2) is 17.3. The van der Waals surface area contributed by atoms with Gasteiger partial charge in [-0.05, 0) is 24.3 Å². The van der Waals surface area contributed by atoms with Crippen LogP contribution in [0.2, 0.25) is 0 Å². The standard InChI is InChI=1S/C9H9NO.C6H7NO.C3H8.2C2H6/c1-2-9-10-7-5-3-4-6-8(7)11-9;7-5-3-1-2-4-6(5)8;1-3-2;2*1-2/h3-6H,2H2,1H3;1-4,8H,7H2;3H2,1-2H3;2*1-2H3. The van der Waals surface area contributed by atoms with E-state index in [0.717, 1.165) is 23.4 Å². The van der Waals surface area contributed by atoms with E-state index < -0.39 is 0 Å². The van der Waals surface area contributed by atoms with Crippen molar-refractivity contribution >= 4 is 16.8 Å². The van der Waals surface area contributed by atoms with Crippen LogP contribution in [0.5, 0.6) is 5.75 Å². The lowest BCUT2D eigenvalue weighted by molar-refractivity contribution is 0.478. The largest absolute Gasteiger partial charge is 0.506 e. The molecule has 0 saturated carbocycles. The Morgan fingerprint density at radius 3 is 1.81 bits per heavy atom. The first-order chi connectivity index (χ1) is 12.6. The Morgan fingerprint density at radius 1 is 0.885 bits per heavy atom. The summed E-state index contributed by atoms with van der Waals surface area (Å²) in [6.07, 6.45) is 2.11. The topological polar surface area (TPSA) is 72.3 Å². The Hall–Kier alpha value is -2.49. The van der Waals surface area contributed by atoms with Gasteiger partial charge in [-0.15, -0.1) is 0 Å². The van der Waals surface area contributed by atoms with Crippen LogP contribution < -0.4 is 5.73 Å². The van der Waals surface area contributed by atoms with Crippen LogP contribution >= 0.6 is 0 Å². The molecule has 0 aliphatic carbocycles. The lowest BCUT2D eigenvalue weighted by Crippen LogP contribution is -1.82. The zero-order valence-corrected chi connectivity index (χ0v) is 17.4. The molecule has 4 nitrogen and oxygen atoms in total. The van der Waals surface area contributed by atoms with Gasteiger partial charge in [-0.25, -0.2) is 4.98 Å². The maximum absolute atomic E-state index is 8.79. The summed E-state index contributed by atoms with van der Waals surface area (Å²) in [6, 6.07) is 14.5. The van der Waals surface area contributed by atoms with Crippen LogP contribution in [0.4, 0.5) is 5.69 Å². The Bertz CT molecular complexity index is 624. The Kier molecular flexibility index (Phi) is 17.2. The average Bonchev–Trinajstić information content (AvgIpc) is 3.12. The van der Waals surface area contributed by atoms with Crippen LogP contribution in [0.15, 0.2) is 52.9 Å². The Morgan fingerprint density at radius 2 is 1.38 bits per heavy atom. The first-order valence-corrected chi connectivity index (χ1v) is 9.50. The van der Waals surface area contributed by atoms with Crippen LogP contribution in [0.3, 0.4) is 0 Å². The minimum atomic E-state index is 0.146. The number of rotatable bonds is 1. The number of aromatic hydroxyl groups is 1. The number of benzene rings is 2. The summed E-state index contributed by atoms with van der Waals surface area (Å²) in [4.78, 5) is 4.26. The molecule has 0 spiro atoms. The fraction of sp³-hybridized carbons (Fsp3) is 0.409. The fourth-order valence-electron chi connectivity index (χ4n) is 1.56. The van der Waals surface area contributed by atoms with Gasteiger partial charge in [0, 0.05) is 6.42 Å². The van der Waals surface area contributed by atoms with Gasteiger partial charge < -0.3 is 15.3 Å². The van der Waals surface area contributed by atoms with Crippen LogP contribution in [0.25, 0.3) is 11.1 Å². The molecule has 3 aromatic rings. The maximum Gasteiger partial charge on any atom is 0.195 e. The van der Waals surface area contributed by atoms with Gasteiger partial charge in [0.05, 0.1) is 5.69 Å². The number of aryl methyl sites for hydroxylation is 1. The summed E-state index contributed by atoms with van der Waals surface area (Å²) in [6.45, 7) is 14.3.